The molecule has 0 radical (unpaired) electrons. The molecule has 15 heteroatoms. The van der Waals surface area contributed by atoms with E-state index in [0.717, 1.165) is 84.0 Å². The molecule has 1 aliphatic rings. The van der Waals surface area contributed by atoms with Crippen LogP contribution in [0, 0.1) is 0 Å². The second-order valence-electron chi connectivity index (χ2n) is 34.9. The molecule has 138 heavy (non-hydrogen) atoms. The Kier molecular flexibility index (Phi) is 19.6. The zero-order chi connectivity index (χ0) is 91.1. The first-order valence-corrected chi connectivity index (χ1v) is 46.5. The van der Waals surface area contributed by atoms with Crippen LogP contribution in [0.1, 0.15) is 5.56 Å². The number of allylic oxidation sites excluding steroid dienone is 1. The Morgan fingerprint density at radius 3 is 1.07 bits per heavy atom. The van der Waals surface area contributed by atoms with Crippen LogP contribution < -0.4 is 5.43 Å². The van der Waals surface area contributed by atoms with Gasteiger partial charge < -0.3 is 32.8 Å². The molecular weight excluding hydrogens is 1690 g/mol. The van der Waals surface area contributed by atoms with E-state index in [9.17, 15) is 0 Å². The van der Waals surface area contributed by atoms with Gasteiger partial charge in [0.2, 0.25) is 0 Å². The van der Waals surface area contributed by atoms with Crippen molar-refractivity contribution in [2.45, 2.75) is 0 Å². The summed E-state index contributed by atoms with van der Waals surface area (Å²) in [5.74, 6) is 1.65. The minimum Gasteiger partial charge on any atom is -0.318 e. The molecule has 650 valence electrons. The summed E-state index contributed by atoms with van der Waals surface area (Å²) in [6, 6.07) is 154. The number of aromatic nitrogens is 13. The highest BCUT2D eigenvalue weighted by Crippen LogP contribution is 2.43. The Bertz CT molecular complexity index is 9610. The fourth-order valence-corrected chi connectivity index (χ4v) is 20.6. The third-order valence-corrected chi connectivity index (χ3v) is 27.0. The standard InChI is InChI=1S/C35H23N3.C30H22N4.C30H20N4.C28H18N4/c1-2-9-28(10-3-1)38-33-13-7-6-12-30(33)31-20-25-18-19-37(34(25)21-35(31)38)27-16-14-24(15-17-27)32-23-36-22-26-8-4-5-11-29(26)32;1-3-9-21(10-4-1)27-18-24(20-31-32-27)33-16-15-22-17-26-25-13-7-8-14-28(25)34(30(26)19-29(22)33)23-11-5-2-6-12-23;1-3-9-21(10-4-1)26-15-16-30(32-31-26)33-18-17-22-19-25-24-13-7-8-14-27(24)34(29(25)20-28(22)33)23-11-5-2-6-12-23;1-2-9-21(10-3-1)32-25-13-7-6-12-23(25)24-16-19-14-15-31(26(19)17-27(24)32)28-22-11-5-4-8-20(22)18-29-30-28/h1-23H;1-19,31H,20H2;1-20H;1-18H. The molecule has 29 rings (SSSR count). The minimum absolute atomic E-state index is 0.680. The molecule has 12 heterocycles. The van der Waals surface area contributed by atoms with Gasteiger partial charge in [-0.25, -0.2) is 0 Å². The van der Waals surface area contributed by atoms with E-state index in [1.807, 2.05) is 91.4 Å². The molecule has 17 aromatic carbocycles. The summed E-state index contributed by atoms with van der Waals surface area (Å²) in [6.07, 6.45) is 16.4. The zero-order valence-electron chi connectivity index (χ0n) is 74.7. The van der Waals surface area contributed by atoms with E-state index in [1.54, 1.807) is 0 Å². The third kappa shape index (κ3) is 13.9. The zero-order valence-corrected chi connectivity index (χ0v) is 74.7. The van der Waals surface area contributed by atoms with Gasteiger partial charge in [0.25, 0.3) is 0 Å². The van der Waals surface area contributed by atoms with Crippen LogP contribution in [0.3, 0.4) is 0 Å². The lowest BCUT2D eigenvalue weighted by atomic mass is 10.0. The van der Waals surface area contributed by atoms with Crippen molar-refractivity contribution < 1.29 is 0 Å². The smallest absolute Gasteiger partial charge is 0.167 e. The molecule has 15 nitrogen and oxygen atoms in total. The van der Waals surface area contributed by atoms with Gasteiger partial charge in [0.15, 0.2) is 11.6 Å². The molecule has 0 spiro atoms. The lowest BCUT2D eigenvalue weighted by molar-refractivity contribution is 0.803. The lowest BCUT2D eigenvalue weighted by Gasteiger charge is -2.17. The summed E-state index contributed by atoms with van der Waals surface area (Å²) in [4.78, 5) is 4.48. The second-order valence-corrected chi connectivity index (χ2v) is 34.9. The summed E-state index contributed by atoms with van der Waals surface area (Å²) in [7, 11) is 0. The van der Waals surface area contributed by atoms with Gasteiger partial charge in [-0.2, -0.15) is 10.2 Å². The molecule has 0 bridgehead atoms. The summed E-state index contributed by atoms with van der Waals surface area (Å²) >= 11 is 0. The van der Waals surface area contributed by atoms with Gasteiger partial charge in [0.1, 0.15) is 0 Å². The minimum atomic E-state index is 0.680. The van der Waals surface area contributed by atoms with E-state index >= 15 is 0 Å². The number of benzene rings is 17. The number of fused-ring (bicyclic) bond motifs is 18. The van der Waals surface area contributed by atoms with Crippen molar-refractivity contribution in [1.29, 1.82) is 0 Å². The fourth-order valence-electron chi connectivity index (χ4n) is 20.6. The molecule has 0 unspecified atom stereocenters. The van der Waals surface area contributed by atoms with Crippen LogP contribution in [0.25, 0.3) is 221 Å². The van der Waals surface area contributed by atoms with Crippen LogP contribution in [0.15, 0.2) is 491 Å². The Labute approximate surface area is 791 Å². The molecule has 0 aliphatic carbocycles. The van der Waals surface area contributed by atoms with Gasteiger partial charge in [-0.1, -0.05) is 267 Å². The molecular formula is C123H83N15. The highest BCUT2D eigenvalue weighted by molar-refractivity contribution is 6.19. The molecule has 0 amide bonds. The highest BCUT2D eigenvalue weighted by Gasteiger charge is 2.23. The summed E-state index contributed by atoms with van der Waals surface area (Å²) in [5, 5.41) is 41.8. The van der Waals surface area contributed by atoms with E-state index in [4.69, 9.17) is 0 Å². The van der Waals surface area contributed by atoms with Crippen molar-refractivity contribution in [1.82, 2.24) is 67.3 Å². The Morgan fingerprint density at radius 2 is 0.601 bits per heavy atom. The number of nitrogens with zero attached hydrogens (tertiary/aromatic N) is 14. The molecule has 0 atom stereocenters. The van der Waals surface area contributed by atoms with Crippen molar-refractivity contribution in [2.24, 2.45) is 5.10 Å². The largest absolute Gasteiger partial charge is 0.318 e. The Hall–Kier alpha value is -18.9. The van der Waals surface area contributed by atoms with Crippen LogP contribution in [-0.4, -0.2) is 74.2 Å². The number of rotatable bonds is 11. The predicted octanol–water partition coefficient (Wildman–Crippen LogP) is 29.4. The average Bonchev–Trinajstić information content (AvgIpc) is 1.59. The number of hydrazone groups is 1. The van der Waals surface area contributed by atoms with Crippen molar-refractivity contribution >= 4 is 164 Å². The van der Waals surface area contributed by atoms with Gasteiger partial charge in [-0.3, -0.25) is 14.1 Å². The molecule has 0 saturated heterocycles. The van der Waals surface area contributed by atoms with Crippen LogP contribution in [0.2, 0.25) is 0 Å². The quantitative estimate of drug-likeness (QED) is 0.137. The molecule has 11 aromatic heterocycles. The van der Waals surface area contributed by atoms with Gasteiger partial charge in [0, 0.05) is 169 Å². The molecule has 1 aliphatic heterocycles. The first kappa shape index (κ1) is 80.0. The first-order valence-electron chi connectivity index (χ1n) is 46.5. The topological polar surface area (TPSA) is 128 Å². The Morgan fingerprint density at radius 1 is 0.225 bits per heavy atom. The van der Waals surface area contributed by atoms with E-state index in [-0.39, 0.29) is 0 Å². The molecule has 0 fully saturated rings. The van der Waals surface area contributed by atoms with E-state index < -0.39 is 0 Å². The lowest BCUT2D eigenvalue weighted by Crippen LogP contribution is -2.21. The summed E-state index contributed by atoms with van der Waals surface area (Å²) in [6.45, 7) is 0.680. The number of para-hydroxylation sites is 8. The highest BCUT2D eigenvalue weighted by atomic mass is 15.3. The SMILES string of the molecule is C1=C(n2ccc3cc4c5ccccc5n(-c5ccccc5)c4cc32)CNN=C1c1ccccc1.c1ccc(-c2ccc(-n3ccc4cc5c6ccccc6n(-c6ccccc6)c5cc43)nn2)cc1.c1ccc(-n2c3ccccc3c3cc4ccn(-c5ccc(-c6cncc7ccccc67)cc5)c4cc32)cc1.c1ccc(-n2c3ccccc3c3cc4ccn(-c5nncc6ccccc56)c4cc32)cc1. The maximum Gasteiger partial charge on any atom is 0.167 e. The third-order valence-electron chi connectivity index (χ3n) is 27.0. The maximum absolute atomic E-state index is 4.56. The van der Waals surface area contributed by atoms with E-state index in [2.05, 4.69) is 467 Å². The van der Waals surface area contributed by atoms with Gasteiger partial charge in [-0.15, -0.1) is 15.3 Å². The van der Waals surface area contributed by atoms with Gasteiger partial charge >= 0.3 is 0 Å². The van der Waals surface area contributed by atoms with Crippen LogP contribution in [0.4, 0.5) is 0 Å². The summed E-state index contributed by atoms with van der Waals surface area (Å²) < 4.78 is 18.3. The predicted molar refractivity (Wildman–Crippen MR) is 569 cm³/mol. The molecule has 28 aromatic rings. The van der Waals surface area contributed by atoms with Crippen molar-refractivity contribution in [3.05, 3.63) is 492 Å². The number of hydrogen-bond donors (Lipinski definition) is 1. The monoisotopic (exact) mass is 1770 g/mol. The van der Waals surface area contributed by atoms with Gasteiger partial charge in [0.05, 0.1) is 90.3 Å². The van der Waals surface area contributed by atoms with E-state index in [1.165, 1.54) is 148 Å². The van der Waals surface area contributed by atoms with Crippen LogP contribution in [0.5, 0.6) is 0 Å². The average molecular weight is 1770 g/mol. The second kappa shape index (κ2) is 33.8. The van der Waals surface area contributed by atoms with Gasteiger partial charge in [-0.05, 0) is 187 Å². The van der Waals surface area contributed by atoms with Crippen molar-refractivity contribution in [3.8, 4) is 62.5 Å². The Balaban J connectivity index is 0.0000000952. The number of nitrogens with one attached hydrogen (secondary N) is 1. The molecule has 1 N–H and O–H groups in total. The van der Waals surface area contributed by atoms with Crippen molar-refractivity contribution in [3.63, 3.8) is 0 Å². The van der Waals surface area contributed by atoms with Crippen LogP contribution in [-0.2, 0) is 0 Å². The number of hydrogen-bond acceptors (Lipinski definition) is 7. The maximum atomic E-state index is 4.56. The molecule has 0 saturated carbocycles. The fraction of sp³-hybridized carbons (Fsp3) is 0.00813. The first-order chi connectivity index (χ1) is 68.5. The normalized spacial score (nSPS) is 12.2. The van der Waals surface area contributed by atoms with E-state index in [0.29, 0.717) is 6.54 Å². The van der Waals surface area contributed by atoms with Crippen molar-refractivity contribution in [2.75, 3.05) is 6.54 Å². The van der Waals surface area contributed by atoms with Crippen LogP contribution >= 0.6 is 0 Å². The number of pyridine rings is 1. The summed E-state index contributed by atoms with van der Waals surface area (Å²) in [5.41, 5.74) is 30.7.